The Morgan fingerprint density at radius 3 is 2.22 bits per heavy atom. The third-order valence-electron chi connectivity index (χ3n) is 6.24. The number of rotatable bonds is 12. The van der Waals surface area contributed by atoms with Crippen molar-refractivity contribution in [3.63, 3.8) is 0 Å². The third-order valence-corrected chi connectivity index (χ3v) is 7.57. The van der Waals surface area contributed by atoms with E-state index in [0.29, 0.717) is 5.56 Å². The molecule has 1 heterocycles. The number of hydrazine groups is 1. The predicted molar refractivity (Wildman–Crippen MR) is 166 cm³/mol. The minimum atomic E-state index is -4.73. The summed E-state index contributed by atoms with van der Waals surface area (Å²) < 4.78 is 83.7. The zero-order valence-electron chi connectivity index (χ0n) is 27.7. The lowest BCUT2D eigenvalue weighted by molar-refractivity contribution is -0.719. The van der Waals surface area contributed by atoms with E-state index in [2.05, 4.69) is 10.4 Å². The molecule has 268 valence electrons. The van der Waals surface area contributed by atoms with E-state index >= 15 is 0 Å². The number of ether oxygens (including phenoxy) is 3. The van der Waals surface area contributed by atoms with Gasteiger partial charge in [0.2, 0.25) is 5.28 Å². The largest absolute Gasteiger partial charge is 0.569 e. The molecule has 0 saturated carbocycles. The molecule has 49 heavy (non-hydrogen) atoms. The maximum Gasteiger partial charge on any atom is 0.511 e. The average Bonchev–Trinajstić information content (AvgIpc) is 3.43. The fourth-order valence-corrected chi connectivity index (χ4v) is 4.86. The van der Waals surface area contributed by atoms with E-state index in [1.54, 1.807) is 63.6 Å². The van der Waals surface area contributed by atoms with Crippen LogP contribution in [0.25, 0.3) is 16.9 Å². The Balaban J connectivity index is 1.63. The Kier molecular flexibility index (Phi) is 12.1. The Bertz CT molecular complexity index is 1740. The number of nitrogens with zero attached hydrogens (tertiary/aromatic N) is 5. The van der Waals surface area contributed by atoms with Gasteiger partial charge in [0.25, 0.3) is 16.3 Å². The first-order valence-electron chi connectivity index (χ1n) is 14.7. The number of alkyl halides is 3. The summed E-state index contributed by atoms with van der Waals surface area (Å²) in [6.45, 7) is 10.5. The highest BCUT2D eigenvalue weighted by Crippen LogP contribution is 2.33. The van der Waals surface area contributed by atoms with E-state index in [1.807, 2.05) is 6.92 Å². The highest BCUT2D eigenvalue weighted by atomic mass is 32.2. The Morgan fingerprint density at radius 2 is 1.67 bits per heavy atom. The molecule has 3 aromatic rings. The van der Waals surface area contributed by atoms with Crippen LogP contribution >= 0.6 is 0 Å². The van der Waals surface area contributed by atoms with Gasteiger partial charge < -0.3 is 19.4 Å². The van der Waals surface area contributed by atoms with Crippen LogP contribution in [0.15, 0.2) is 64.8 Å². The summed E-state index contributed by atoms with van der Waals surface area (Å²) in [6, 6.07) is 11.8. The van der Waals surface area contributed by atoms with Crippen molar-refractivity contribution in [3.05, 3.63) is 71.1 Å². The Hall–Kier alpha value is -5.07. The van der Waals surface area contributed by atoms with E-state index in [-0.39, 0.29) is 27.8 Å². The van der Waals surface area contributed by atoms with Crippen LogP contribution in [0.1, 0.15) is 52.8 Å². The van der Waals surface area contributed by atoms with Crippen molar-refractivity contribution in [1.29, 1.82) is 0 Å². The van der Waals surface area contributed by atoms with E-state index in [1.165, 1.54) is 19.1 Å². The summed E-state index contributed by atoms with van der Waals surface area (Å²) in [6.07, 6.45) is -8.41. The molecule has 0 fully saturated rings. The molecule has 0 saturated heterocycles. The topological polar surface area (TPSA) is 177 Å². The van der Waals surface area contributed by atoms with Gasteiger partial charge in [-0.3, -0.25) is 4.84 Å². The molecule has 0 aliphatic carbocycles. The zero-order chi connectivity index (χ0) is 36.7. The minimum absolute atomic E-state index is 0.0424. The van der Waals surface area contributed by atoms with Crippen molar-refractivity contribution in [1.82, 2.24) is 19.5 Å². The summed E-state index contributed by atoms with van der Waals surface area (Å²) in [5.74, 6) is 0. The molecular formula is C30H37F3N6O9S. The molecule has 15 nitrogen and oxygen atoms in total. The number of sulfonamides is 1. The minimum Gasteiger partial charge on any atom is -0.569 e. The molecule has 1 unspecified atom stereocenters. The number of carbonyl (C=O) groups is 2. The number of nitrogens with one attached hydrogen (secondary N) is 1. The van der Waals surface area contributed by atoms with Gasteiger partial charge >= 0.3 is 18.4 Å². The van der Waals surface area contributed by atoms with Crippen molar-refractivity contribution in [3.8, 4) is 16.9 Å². The molecule has 0 aliphatic heterocycles. The number of hydrogen-bond acceptors (Lipinski definition) is 11. The molecule has 0 spiro atoms. The molecule has 19 heteroatoms. The van der Waals surface area contributed by atoms with Crippen LogP contribution in [0, 0.1) is 12.1 Å². The van der Waals surface area contributed by atoms with Gasteiger partial charge in [0.1, 0.15) is 18.8 Å². The molecule has 1 N–H and O–H groups in total. The number of benzene rings is 2. The van der Waals surface area contributed by atoms with Crippen LogP contribution in [0.5, 0.6) is 0 Å². The number of aromatic nitrogens is 2. The van der Waals surface area contributed by atoms with Crippen LogP contribution in [0.4, 0.5) is 22.8 Å². The van der Waals surface area contributed by atoms with Gasteiger partial charge in [-0.25, -0.2) is 27.4 Å². The molecule has 1 atom stereocenters. The van der Waals surface area contributed by atoms with Crippen molar-refractivity contribution >= 4 is 22.3 Å². The number of aryl methyl sites for hydroxylation is 1. The molecule has 0 radical (unpaired) electrons. The normalized spacial score (nSPS) is 13.1. The summed E-state index contributed by atoms with van der Waals surface area (Å²) in [4.78, 5) is 28.6. The van der Waals surface area contributed by atoms with Gasteiger partial charge in [-0.2, -0.15) is 18.3 Å². The van der Waals surface area contributed by atoms with Gasteiger partial charge in [0.05, 0.1) is 27.3 Å². The fraction of sp³-hybridized carbons (Fsp3) is 0.433. The van der Waals surface area contributed by atoms with Crippen LogP contribution in [0.2, 0.25) is 0 Å². The van der Waals surface area contributed by atoms with E-state index in [0.717, 1.165) is 33.5 Å². The molecular weight excluding hydrogens is 677 g/mol. The summed E-state index contributed by atoms with van der Waals surface area (Å²) in [5, 5.41) is 20.5. The summed E-state index contributed by atoms with van der Waals surface area (Å²) >= 11 is 0. The summed E-state index contributed by atoms with van der Waals surface area (Å²) in [7, 11) is -4.48. The molecule has 1 aromatic heterocycles. The van der Waals surface area contributed by atoms with Gasteiger partial charge in [0, 0.05) is 12.5 Å². The second-order valence-corrected chi connectivity index (χ2v) is 13.5. The first-order chi connectivity index (χ1) is 22.7. The van der Waals surface area contributed by atoms with Crippen molar-refractivity contribution < 1.29 is 55.2 Å². The van der Waals surface area contributed by atoms with Crippen LogP contribution in [-0.4, -0.2) is 71.5 Å². The van der Waals surface area contributed by atoms with E-state index in [9.17, 15) is 36.4 Å². The van der Waals surface area contributed by atoms with E-state index in [4.69, 9.17) is 19.0 Å². The monoisotopic (exact) mass is 714 g/mol. The van der Waals surface area contributed by atoms with Crippen LogP contribution in [-0.2, 0) is 35.2 Å². The fourth-order valence-electron chi connectivity index (χ4n) is 3.97. The first-order valence-corrected chi connectivity index (χ1v) is 16.2. The number of hydrogen-bond donors (Lipinski definition) is 1. The lowest BCUT2D eigenvalue weighted by Crippen LogP contribution is -2.41. The predicted octanol–water partition coefficient (Wildman–Crippen LogP) is 6.10. The SMILES string of the molecule is Cc1ccc(-c2cc(C(F)(F)F)nn2-c2ccc(S(=O)(=O)NC(=O)OCCN(C(C)C)/[N+]([O-])=N/OC(C)OC(=O)OC(C)(C)C)cc2)cc1. The molecule has 3 rings (SSSR count). The van der Waals surface area contributed by atoms with E-state index < -0.39 is 58.7 Å². The van der Waals surface area contributed by atoms with Gasteiger partial charge in [-0.05, 0) is 71.9 Å². The number of amides is 1. The lowest BCUT2D eigenvalue weighted by Gasteiger charge is -2.22. The number of carbonyl (C=O) groups excluding carboxylic acids is 2. The molecule has 1 amide bonds. The molecule has 0 bridgehead atoms. The standard InChI is InChI=1S/C30H37F3N6O9S/c1-19(2)37(39(42)36-48-21(4)46-28(41)47-29(5,6)7)16-17-45-27(40)35-49(43,44)24-14-12-23(13-15-24)38-25(18-26(34-38)30(31,32)33)22-10-8-20(3)9-11-22/h8-15,18-19,21H,16-17H2,1-7H3,(H,35,40)/b39-36-. The van der Waals surface area contributed by atoms with Crippen LogP contribution in [0.3, 0.4) is 0 Å². The maximum absolute atomic E-state index is 13.5. The van der Waals surface area contributed by atoms with Gasteiger partial charge in [-0.15, -0.1) is 5.01 Å². The van der Waals surface area contributed by atoms with Gasteiger partial charge in [0.15, 0.2) is 5.69 Å². The lowest BCUT2D eigenvalue weighted by atomic mass is 10.1. The smallest absolute Gasteiger partial charge is 0.511 e. The van der Waals surface area contributed by atoms with Crippen molar-refractivity contribution in [2.45, 2.75) is 77.5 Å². The van der Waals surface area contributed by atoms with Crippen LogP contribution < -0.4 is 4.72 Å². The van der Waals surface area contributed by atoms with Gasteiger partial charge in [-0.1, -0.05) is 29.8 Å². The quantitative estimate of drug-likeness (QED) is 0.0754. The average molecular weight is 715 g/mol. The Morgan fingerprint density at radius 1 is 1.06 bits per heavy atom. The van der Waals surface area contributed by atoms with Crippen molar-refractivity contribution in [2.24, 2.45) is 5.28 Å². The third kappa shape index (κ3) is 11.3. The maximum atomic E-state index is 13.5. The van der Waals surface area contributed by atoms with Crippen molar-refractivity contribution in [2.75, 3.05) is 13.2 Å². The highest BCUT2D eigenvalue weighted by molar-refractivity contribution is 7.90. The number of halogens is 3. The highest BCUT2D eigenvalue weighted by Gasteiger charge is 2.35. The second kappa shape index (κ2) is 15.4. The Labute approximate surface area is 280 Å². The first kappa shape index (κ1) is 38.4. The molecule has 2 aromatic carbocycles. The second-order valence-electron chi connectivity index (χ2n) is 11.8. The zero-order valence-corrected chi connectivity index (χ0v) is 28.5. The molecule has 0 aliphatic rings. The summed E-state index contributed by atoms with van der Waals surface area (Å²) in [5.41, 5.74) is -0.347.